The second-order valence-corrected chi connectivity index (χ2v) is 7.14. The summed E-state index contributed by atoms with van der Waals surface area (Å²) in [5.74, 6) is 0.504. The van der Waals surface area contributed by atoms with Crippen LogP contribution in [0.25, 0.3) is 0 Å². The van der Waals surface area contributed by atoms with Crippen molar-refractivity contribution >= 4 is 0 Å². The van der Waals surface area contributed by atoms with Crippen molar-refractivity contribution in [3.8, 4) is 29.7 Å². The van der Waals surface area contributed by atoms with Crippen molar-refractivity contribution in [3.63, 3.8) is 0 Å². The van der Waals surface area contributed by atoms with Crippen molar-refractivity contribution in [2.24, 2.45) is 17.1 Å². The van der Waals surface area contributed by atoms with Gasteiger partial charge in [0.25, 0.3) is 0 Å². The maximum absolute atomic E-state index is 10.1. The van der Waals surface area contributed by atoms with Gasteiger partial charge in [0.2, 0.25) is 6.79 Å². The van der Waals surface area contributed by atoms with Gasteiger partial charge in [0.05, 0.1) is 23.4 Å². The average Bonchev–Trinajstić information content (AvgIpc) is 3.20. The molecule has 1 aromatic rings. The molecule has 2 heterocycles. The maximum Gasteiger partial charge on any atom is 0.231 e. The molecule has 3 aliphatic rings. The Morgan fingerprint density at radius 3 is 2.64 bits per heavy atom. The van der Waals surface area contributed by atoms with E-state index in [0.717, 1.165) is 17.7 Å². The molecule has 2 aliphatic heterocycles. The average molecular weight is 373 g/mol. The van der Waals surface area contributed by atoms with Gasteiger partial charge in [-0.15, -0.1) is 0 Å². The summed E-state index contributed by atoms with van der Waals surface area (Å²) < 4.78 is 10.9. The number of allylic oxidation sites excluding steroid dienone is 2. The van der Waals surface area contributed by atoms with Crippen LogP contribution >= 0.6 is 0 Å². The SMILES string of the molecule is CCN1CC=C2C(C#N)=C(N)C(C#N)(C#N)[C@H](c3ccc4c(c3)OCO4)[C@H]2C1. The summed E-state index contributed by atoms with van der Waals surface area (Å²) in [5, 5.41) is 29.9. The van der Waals surface area contributed by atoms with Gasteiger partial charge < -0.3 is 15.2 Å². The molecule has 140 valence electrons. The third-order valence-electron chi connectivity index (χ3n) is 5.94. The van der Waals surface area contributed by atoms with Crippen molar-refractivity contribution in [3.05, 3.63) is 46.7 Å². The highest BCUT2D eigenvalue weighted by atomic mass is 16.7. The number of nitrogens with two attached hydrogens (primary N) is 1. The Bertz CT molecular complexity index is 1010. The van der Waals surface area contributed by atoms with Crippen LogP contribution < -0.4 is 15.2 Å². The zero-order valence-corrected chi connectivity index (χ0v) is 15.5. The minimum Gasteiger partial charge on any atom is -0.454 e. The van der Waals surface area contributed by atoms with Crippen LogP contribution in [0.2, 0.25) is 0 Å². The smallest absolute Gasteiger partial charge is 0.231 e. The number of rotatable bonds is 2. The van der Waals surface area contributed by atoms with Gasteiger partial charge in [-0.05, 0) is 29.8 Å². The summed E-state index contributed by atoms with van der Waals surface area (Å²) >= 11 is 0. The molecule has 0 radical (unpaired) electrons. The molecule has 2 atom stereocenters. The maximum atomic E-state index is 10.1. The molecular formula is C21H19N5O2. The Balaban J connectivity index is 1.96. The number of benzene rings is 1. The highest BCUT2D eigenvalue weighted by Gasteiger charge is 2.54. The highest BCUT2D eigenvalue weighted by molar-refractivity contribution is 5.60. The van der Waals surface area contributed by atoms with Crippen LogP contribution in [0.3, 0.4) is 0 Å². The van der Waals surface area contributed by atoms with E-state index in [2.05, 4.69) is 30.0 Å². The summed E-state index contributed by atoms with van der Waals surface area (Å²) in [7, 11) is 0. The largest absolute Gasteiger partial charge is 0.454 e. The molecule has 0 fully saturated rings. The quantitative estimate of drug-likeness (QED) is 0.843. The van der Waals surface area contributed by atoms with Gasteiger partial charge in [-0.25, -0.2) is 0 Å². The van der Waals surface area contributed by atoms with E-state index in [4.69, 9.17) is 15.2 Å². The third kappa shape index (κ3) is 2.36. The summed E-state index contributed by atoms with van der Waals surface area (Å²) in [4.78, 5) is 2.23. The number of nitriles is 3. The van der Waals surface area contributed by atoms with Gasteiger partial charge >= 0.3 is 0 Å². The first-order valence-electron chi connectivity index (χ1n) is 9.14. The Hall–Kier alpha value is -3.47. The minimum atomic E-state index is -1.63. The number of nitrogens with zero attached hydrogens (tertiary/aromatic N) is 4. The van der Waals surface area contributed by atoms with Crippen LogP contribution in [0.5, 0.6) is 11.5 Å². The van der Waals surface area contributed by atoms with E-state index in [0.29, 0.717) is 24.6 Å². The zero-order chi connectivity index (χ0) is 19.9. The van der Waals surface area contributed by atoms with Crippen LogP contribution in [0.1, 0.15) is 18.4 Å². The van der Waals surface area contributed by atoms with E-state index >= 15 is 0 Å². The minimum absolute atomic E-state index is 0.0371. The van der Waals surface area contributed by atoms with Gasteiger partial charge in [-0.2, -0.15) is 15.8 Å². The molecule has 0 amide bonds. The van der Waals surface area contributed by atoms with Crippen LogP contribution in [0.4, 0.5) is 0 Å². The van der Waals surface area contributed by atoms with Crippen LogP contribution in [0.15, 0.2) is 41.1 Å². The lowest BCUT2D eigenvalue weighted by molar-refractivity contribution is 0.173. The normalized spacial score (nSPS) is 25.1. The van der Waals surface area contributed by atoms with E-state index in [1.807, 2.05) is 18.2 Å². The van der Waals surface area contributed by atoms with Crippen LogP contribution in [-0.2, 0) is 0 Å². The first kappa shape index (κ1) is 17.9. The topological polar surface area (TPSA) is 119 Å². The van der Waals surface area contributed by atoms with Crippen molar-refractivity contribution in [2.75, 3.05) is 26.4 Å². The van der Waals surface area contributed by atoms with Gasteiger partial charge in [0.15, 0.2) is 16.9 Å². The van der Waals surface area contributed by atoms with E-state index in [1.54, 1.807) is 6.07 Å². The molecule has 0 saturated carbocycles. The molecule has 0 spiro atoms. The lowest BCUT2D eigenvalue weighted by Crippen LogP contribution is -2.48. The van der Waals surface area contributed by atoms with E-state index in [-0.39, 0.29) is 24.0 Å². The third-order valence-corrected chi connectivity index (χ3v) is 5.94. The van der Waals surface area contributed by atoms with E-state index in [1.165, 1.54) is 0 Å². The van der Waals surface area contributed by atoms with Crippen LogP contribution in [0, 0.1) is 45.3 Å². The van der Waals surface area contributed by atoms with Crippen LogP contribution in [-0.4, -0.2) is 31.3 Å². The Morgan fingerprint density at radius 1 is 1.21 bits per heavy atom. The molecule has 1 aliphatic carbocycles. The fraction of sp³-hybridized carbons (Fsp3) is 0.381. The molecule has 0 bridgehead atoms. The van der Waals surface area contributed by atoms with Gasteiger partial charge in [0, 0.05) is 24.9 Å². The molecule has 0 unspecified atom stereocenters. The van der Waals surface area contributed by atoms with E-state index in [9.17, 15) is 15.8 Å². The molecule has 2 N–H and O–H groups in total. The Kier molecular flexibility index (Phi) is 4.23. The molecule has 7 nitrogen and oxygen atoms in total. The molecule has 28 heavy (non-hydrogen) atoms. The summed E-state index contributed by atoms with van der Waals surface area (Å²) in [5.41, 5.74) is 6.59. The molecule has 0 saturated heterocycles. The lowest BCUT2D eigenvalue weighted by atomic mass is 9.58. The molecular weight excluding hydrogens is 354 g/mol. The predicted octanol–water partition coefficient (Wildman–Crippen LogP) is 2.16. The standard InChI is InChI=1S/C21H19N5O2/c1-2-26-6-5-14-15(8-22)20(25)21(10-23,11-24)19(16(14)9-26)13-3-4-17-18(7-13)28-12-27-17/h3-5,7,16,19H,2,6,9,12,25H2,1H3/t16-,19+/m0/s1. The molecule has 1 aromatic carbocycles. The monoisotopic (exact) mass is 373 g/mol. The summed E-state index contributed by atoms with van der Waals surface area (Å²) in [6.45, 7) is 4.39. The summed E-state index contributed by atoms with van der Waals surface area (Å²) in [6, 6.07) is 11.9. The van der Waals surface area contributed by atoms with Gasteiger partial charge in [-0.3, -0.25) is 4.90 Å². The fourth-order valence-electron chi connectivity index (χ4n) is 4.48. The van der Waals surface area contributed by atoms with E-state index < -0.39 is 11.3 Å². The number of hydrogen-bond acceptors (Lipinski definition) is 7. The second kappa shape index (κ2) is 6.60. The second-order valence-electron chi connectivity index (χ2n) is 7.14. The predicted molar refractivity (Wildman–Crippen MR) is 99.5 cm³/mol. The zero-order valence-electron chi connectivity index (χ0n) is 15.5. The first-order valence-corrected chi connectivity index (χ1v) is 9.14. The number of fused-ring (bicyclic) bond motifs is 2. The van der Waals surface area contributed by atoms with Gasteiger partial charge in [0.1, 0.15) is 6.07 Å². The van der Waals surface area contributed by atoms with Crippen molar-refractivity contribution in [1.29, 1.82) is 15.8 Å². The lowest BCUT2D eigenvalue weighted by Gasteiger charge is -2.45. The fourth-order valence-corrected chi connectivity index (χ4v) is 4.48. The van der Waals surface area contributed by atoms with Crippen molar-refractivity contribution in [2.45, 2.75) is 12.8 Å². The van der Waals surface area contributed by atoms with Gasteiger partial charge in [-0.1, -0.05) is 19.1 Å². The molecule has 4 rings (SSSR count). The Labute approximate surface area is 163 Å². The highest BCUT2D eigenvalue weighted by Crippen LogP contribution is 2.55. The summed E-state index contributed by atoms with van der Waals surface area (Å²) in [6.07, 6.45) is 2.00. The molecule has 0 aromatic heterocycles. The number of ether oxygens (including phenoxy) is 2. The van der Waals surface area contributed by atoms with Crippen molar-refractivity contribution in [1.82, 2.24) is 4.90 Å². The molecule has 7 heteroatoms. The number of hydrogen-bond donors (Lipinski definition) is 1. The number of likely N-dealkylation sites (N-methyl/N-ethyl adjacent to an activating group) is 1. The Morgan fingerprint density at radius 2 is 1.96 bits per heavy atom. The van der Waals surface area contributed by atoms with Crippen molar-refractivity contribution < 1.29 is 9.47 Å². The first-order chi connectivity index (χ1) is 13.6.